The molecule has 2 rings (SSSR count). The number of rotatable bonds is 1. The Labute approximate surface area is 97.0 Å². The molecule has 1 aliphatic carbocycles. The zero-order valence-corrected chi connectivity index (χ0v) is 9.27. The zero-order chi connectivity index (χ0) is 12.7. The summed E-state index contributed by atoms with van der Waals surface area (Å²) in [6.45, 7) is 1.53. The van der Waals surface area contributed by atoms with Gasteiger partial charge in [0.1, 0.15) is 11.5 Å². The molecule has 5 nitrogen and oxygen atoms in total. The number of Topliss-reactive ketones (excluding diaryl/α,β-unsaturated/α-hetero) is 1. The Morgan fingerprint density at radius 1 is 1.18 bits per heavy atom. The predicted octanol–water partition coefficient (Wildman–Crippen LogP) is 1.32. The highest BCUT2D eigenvalue weighted by molar-refractivity contribution is 6.26. The molecule has 1 aromatic rings. The number of methoxy groups -OCH3 is 1. The van der Waals surface area contributed by atoms with Gasteiger partial charge in [0, 0.05) is 6.08 Å². The fourth-order valence-electron chi connectivity index (χ4n) is 1.79. The van der Waals surface area contributed by atoms with Crippen molar-refractivity contribution in [3.63, 3.8) is 0 Å². The van der Waals surface area contributed by atoms with E-state index in [4.69, 9.17) is 4.74 Å². The lowest BCUT2D eigenvalue weighted by atomic mass is 9.90. The van der Waals surface area contributed by atoms with Crippen molar-refractivity contribution in [1.29, 1.82) is 0 Å². The number of phenolic OH excluding ortho intramolecular Hbond substituents is 2. The number of allylic oxidation sites excluding steroid dienone is 2. The molecule has 88 valence electrons. The normalized spacial score (nSPS) is 14.4. The molecule has 0 atom stereocenters. The molecule has 0 aliphatic heterocycles. The highest BCUT2D eigenvalue weighted by Gasteiger charge is 2.32. The number of fused-ring (bicyclic) bond motifs is 1. The van der Waals surface area contributed by atoms with Crippen molar-refractivity contribution < 1.29 is 24.5 Å². The number of phenols is 2. The molecule has 0 unspecified atom stereocenters. The molecule has 0 amide bonds. The minimum Gasteiger partial charge on any atom is -0.507 e. The maximum atomic E-state index is 11.9. The summed E-state index contributed by atoms with van der Waals surface area (Å²) in [7, 11) is 1.26. The molecule has 0 spiro atoms. The maximum absolute atomic E-state index is 11.9. The topological polar surface area (TPSA) is 83.8 Å². The van der Waals surface area contributed by atoms with Gasteiger partial charge >= 0.3 is 0 Å². The van der Waals surface area contributed by atoms with E-state index in [0.717, 1.165) is 6.08 Å². The van der Waals surface area contributed by atoms with Crippen LogP contribution in [0.25, 0.3) is 0 Å². The summed E-state index contributed by atoms with van der Waals surface area (Å²) >= 11 is 0. The second-order valence-corrected chi connectivity index (χ2v) is 3.72. The lowest BCUT2D eigenvalue weighted by Crippen LogP contribution is -2.18. The number of ether oxygens (including phenoxy) is 1. The molecule has 2 N–H and O–H groups in total. The van der Waals surface area contributed by atoms with Crippen LogP contribution < -0.4 is 0 Å². The van der Waals surface area contributed by atoms with Crippen LogP contribution in [0.3, 0.4) is 0 Å². The summed E-state index contributed by atoms with van der Waals surface area (Å²) in [6, 6.07) is 1.23. The zero-order valence-electron chi connectivity index (χ0n) is 9.27. The van der Waals surface area contributed by atoms with Gasteiger partial charge in [0.15, 0.2) is 11.5 Å². The van der Waals surface area contributed by atoms with Crippen LogP contribution in [0.4, 0.5) is 0 Å². The average Bonchev–Trinajstić information content (AvgIpc) is 2.28. The molecule has 0 saturated heterocycles. The predicted molar refractivity (Wildman–Crippen MR) is 58.3 cm³/mol. The maximum Gasteiger partial charge on any atom is 0.232 e. The fourth-order valence-corrected chi connectivity index (χ4v) is 1.79. The van der Waals surface area contributed by atoms with Crippen LogP contribution in [0, 0.1) is 6.92 Å². The number of carbonyl (C=O) groups excluding carboxylic acids is 2. The van der Waals surface area contributed by atoms with Crippen LogP contribution in [0.15, 0.2) is 17.9 Å². The molecule has 5 heteroatoms. The lowest BCUT2D eigenvalue weighted by Gasteiger charge is -2.17. The van der Waals surface area contributed by atoms with E-state index >= 15 is 0 Å². The van der Waals surface area contributed by atoms with Crippen LogP contribution in [-0.2, 0) is 4.74 Å². The molecule has 0 saturated carbocycles. The minimum atomic E-state index is -0.616. The van der Waals surface area contributed by atoms with Crippen molar-refractivity contribution in [2.24, 2.45) is 0 Å². The van der Waals surface area contributed by atoms with Crippen molar-refractivity contribution >= 4 is 11.6 Å². The number of benzene rings is 1. The van der Waals surface area contributed by atoms with Gasteiger partial charge < -0.3 is 14.9 Å². The number of ketones is 2. The number of aryl methyl sites for hydroxylation is 1. The summed E-state index contributed by atoms with van der Waals surface area (Å²) in [6.07, 6.45) is 1.00. The van der Waals surface area contributed by atoms with E-state index in [1.165, 1.54) is 20.1 Å². The molecule has 1 aliphatic rings. The standard InChI is InChI=1S/C12H10O5/c1-5-3-6(13)10-9(11(5)15)7(14)4-8(17-2)12(10)16/h3-4,13,15H,1-2H3. The number of hydrogen-bond acceptors (Lipinski definition) is 5. The number of hydrogen-bond donors (Lipinski definition) is 2. The second kappa shape index (κ2) is 3.62. The van der Waals surface area contributed by atoms with Crippen LogP contribution in [0.1, 0.15) is 26.3 Å². The molecule has 17 heavy (non-hydrogen) atoms. The molecule has 0 aromatic heterocycles. The first-order chi connectivity index (χ1) is 7.97. The van der Waals surface area contributed by atoms with Gasteiger partial charge in [-0.3, -0.25) is 9.59 Å². The van der Waals surface area contributed by atoms with Crippen molar-refractivity contribution in [2.75, 3.05) is 7.11 Å². The van der Waals surface area contributed by atoms with Gasteiger partial charge in [-0.15, -0.1) is 0 Å². The smallest absolute Gasteiger partial charge is 0.232 e. The fraction of sp³-hybridized carbons (Fsp3) is 0.167. The highest BCUT2D eigenvalue weighted by atomic mass is 16.5. The lowest BCUT2D eigenvalue weighted by molar-refractivity contribution is 0.0912. The highest BCUT2D eigenvalue weighted by Crippen LogP contribution is 2.37. The number of aromatic hydroxyl groups is 2. The molecule has 0 radical (unpaired) electrons. The molecular formula is C12H10O5. The van der Waals surface area contributed by atoms with E-state index in [9.17, 15) is 19.8 Å². The van der Waals surface area contributed by atoms with Crippen molar-refractivity contribution in [3.05, 3.63) is 34.6 Å². The largest absolute Gasteiger partial charge is 0.507 e. The van der Waals surface area contributed by atoms with E-state index < -0.39 is 11.6 Å². The van der Waals surface area contributed by atoms with Gasteiger partial charge in [0.25, 0.3) is 0 Å². The summed E-state index contributed by atoms with van der Waals surface area (Å²) in [5.74, 6) is -1.96. The van der Waals surface area contributed by atoms with E-state index in [1.54, 1.807) is 0 Å². The third-order valence-electron chi connectivity index (χ3n) is 2.65. The molecule has 1 aromatic carbocycles. The Bertz CT molecular complexity index is 569. The van der Waals surface area contributed by atoms with Gasteiger partial charge in [-0.25, -0.2) is 0 Å². The van der Waals surface area contributed by atoms with E-state index in [2.05, 4.69) is 0 Å². The number of carbonyl (C=O) groups is 2. The Morgan fingerprint density at radius 3 is 2.41 bits per heavy atom. The summed E-state index contributed by atoms with van der Waals surface area (Å²) < 4.78 is 4.75. The van der Waals surface area contributed by atoms with Crippen molar-refractivity contribution in [2.45, 2.75) is 6.92 Å². The molecule has 0 bridgehead atoms. The first kappa shape index (κ1) is 11.2. The SMILES string of the molecule is COC1=CC(=O)c2c(O)c(C)cc(O)c2C1=O. The molecule has 0 fully saturated rings. The Balaban J connectivity index is 2.80. The van der Waals surface area contributed by atoms with Gasteiger partial charge in [0.2, 0.25) is 5.78 Å². The third-order valence-corrected chi connectivity index (χ3v) is 2.65. The van der Waals surface area contributed by atoms with Crippen LogP contribution >= 0.6 is 0 Å². The average molecular weight is 234 g/mol. The Morgan fingerprint density at radius 2 is 1.82 bits per heavy atom. The van der Waals surface area contributed by atoms with Gasteiger partial charge in [0.05, 0.1) is 18.2 Å². The Kier molecular flexibility index (Phi) is 2.38. The van der Waals surface area contributed by atoms with Crippen LogP contribution in [0.2, 0.25) is 0 Å². The first-order valence-electron chi connectivity index (χ1n) is 4.87. The summed E-state index contributed by atoms with van der Waals surface area (Å²) in [5.41, 5.74) is -0.0533. The van der Waals surface area contributed by atoms with Crippen molar-refractivity contribution in [3.8, 4) is 11.5 Å². The Hall–Kier alpha value is -2.30. The monoisotopic (exact) mass is 234 g/mol. The molecule has 0 heterocycles. The van der Waals surface area contributed by atoms with Gasteiger partial charge in [-0.1, -0.05) is 0 Å². The van der Waals surface area contributed by atoms with Gasteiger partial charge in [-0.2, -0.15) is 0 Å². The van der Waals surface area contributed by atoms with E-state index in [1.807, 2.05) is 0 Å². The van der Waals surface area contributed by atoms with E-state index in [0.29, 0.717) is 5.56 Å². The third kappa shape index (κ3) is 1.47. The molecular weight excluding hydrogens is 224 g/mol. The van der Waals surface area contributed by atoms with Crippen LogP contribution in [0.5, 0.6) is 11.5 Å². The van der Waals surface area contributed by atoms with E-state index in [-0.39, 0.29) is 28.4 Å². The summed E-state index contributed by atoms with van der Waals surface area (Å²) in [4.78, 5) is 23.6. The quantitative estimate of drug-likeness (QED) is 0.716. The van der Waals surface area contributed by atoms with Crippen molar-refractivity contribution in [1.82, 2.24) is 0 Å². The first-order valence-corrected chi connectivity index (χ1v) is 4.87. The minimum absolute atomic E-state index is 0.152. The van der Waals surface area contributed by atoms with Crippen LogP contribution in [-0.4, -0.2) is 28.9 Å². The van der Waals surface area contributed by atoms with Gasteiger partial charge in [-0.05, 0) is 18.6 Å². The summed E-state index contributed by atoms with van der Waals surface area (Å²) in [5, 5.41) is 19.5. The second-order valence-electron chi connectivity index (χ2n) is 3.72.